The lowest BCUT2D eigenvalue weighted by Gasteiger charge is -2.28. The van der Waals surface area contributed by atoms with E-state index in [-0.39, 0.29) is 0 Å². The number of fused-ring (bicyclic) bond motifs is 3. The van der Waals surface area contributed by atoms with E-state index in [4.69, 9.17) is 19.4 Å². The van der Waals surface area contributed by atoms with E-state index in [0.717, 1.165) is 66.8 Å². The highest BCUT2D eigenvalue weighted by Crippen LogP contribution is 2.47. The lowest BCUT2D eigenvalue weighted by molar-refractivity contribution is 0.669. The molecule has 0 bridgehead atoms. The zero-order chi connectivity index (χ0) is 37.3. The highest BCUT2D eigenvalue weighted by Gasteiger charge is 2.24. The van der Waals surface area contributed by atoms with Crippen molar-refractivity contribution >= 4 is 39.0 Å². The predicted molar refractivity (Wildman–Crippen MR) is 229 cm³/mol. The summed E-state index contributed by atoms with van der Waals surface area (Å²) in [4.78, 5) is 17.4. The fourth-order valence-corrected chi connectivity index (χ4v) is 7.59. The quantitative estimate of drug-likeness (QED) is 0.157. The van der Waals surface area contributed by atoms with Crippen LogP contribution in [0.15, 0.2) is 211 Å². The molecule has 0 fully saturated rings. The first-order valence-electron chi connectivity index (χ1n) is 18.7. The Hall–Kier alpha value is -7.63. The molecule has 10 rings (SSSR count). The monoisotopic (exact) mass is 718 g/mol. The third kappa shape index (κ3) is 5.98. The van der Waals surface area contributed by atoms with Crippen molar-refractivity contribution in [1.29, 1.82) is 0 Å². The molecule has 0 radical (unpaired) electrons. The highest BCUT2D eigenvalue weighted by molar-refractivity contribution is 6.15. The summed E-state index contributed by atoms with van der Waals surface area (Å²) in [6.07, 6.45) is 0. The number of para-hydroxylation sites is 3. The van der Waals surface area contributed by atoms with Crippen LogP contribution in [0, 0.1) is 0 Å². The third-order valence-electron chi connectivity index (χ3n) is 10.1. The molecule has 0 spiro atoms. The molecule has 8 aromatic carbocycles. The van der Waals surface area contributed by atoms with Crippen LogP contribution in [0.1, 0.15) is 0 Å². The minimum absolute atomic E-state index is 0.583. The number of nitrogens with zero attached hydrogens (tertiary/aromatic N) is 4. The third-order valence-corrected chi connectivity index (χ3v) is 10.1. The number of anilines is 3. The lowest BCUT2D eigenvalue weighted by atomic mass is 9.93. The van der Waals surface area contributed by atoms with Gasteiger partial charge in [-0.15, -0.1) is 0 Å². The molecular formula is C51H34N4O. The van der Waals surface area contributed by atoms with Gasteiger partial charge in [-0.05, 0) is 47.0 Å². The minimum atomic E-state index is 0.583. The average molecular weight is 719 g/mol. The van der Waals surface area contributed by atoms with Crippen molar-refractivity contribution in [2.24, 2.45) is 0 Å². The Bertz CT molecular complexity index is 2910. The number of rotatable bonds is 8. The standard InChI is InChI=1S/C51H34N4O/c1-5-19-35(20-6-1)39-27-13-14-28-40(39)41-29-15-16-32-44(41)55(38-25-11-4-12-26-38)45-33-17-30-42-47-43(31-18-34-46(47)56-48(42)45)51-53-49(36-21-7-2-8-22-36)52-50(54-51)37-23-9-3-10-24-37/h1-34H. The van der Waals surface area contributed by atoms with E-state index in [9.17, 15) is 0 Å². The van der Waals surface area contributed by atoms with Gasteiger partial charge in [0.2, 0.25) is 0 Å². The van der Waals surface area contributed by atoms with Crippen molar-refractivity contribution in [2.75, 3.05) is 4.90 Å². The average Bonchev–Trinajstić information content (AvgIpc) is 3.68. The van der Waals surface area contributed by atoms with Gasteiger partial charge in [-0.1, -0.05) is 176 Å². The van der Waals surface area contributed by atoms with Crippen molar-refractivity contribution in [1.82, 2.24) is 15.0 Å². The van der Waals surface area contributed by atoms with E-state index in [1.54, 1.807) is 0 Å². The van der Waals surface area contributed by atoms with Crippen LogP contribution in [0.4, 0.5) is 17.1 Å². The molecule has 0 atom stereocenters. The summed E-state index contributed by atoms with van der Waals surface area (Å²) in [6.45, 7) is 0. The molecule has 0 amide bonds. The topological polar surface area (TPSA) is 55.1 Å². The van der Waals surface area contributed by atoms with Crippen LogP contribution < -0.4 is 4.90 Å². The second kappa shape index (κ2) is 14.3. The molecule has 0 aliphatic rings. The number of aromatic nitrogens is 3. The van der Waals surface area contributed by atoms with Gasteiger partial charge in [0, 0.05) is 38.7 Å². The normalized spacial score (nSPS) is 11.2. The van der Waals surface area contributed by atoms with E-state index < -0.39 is 0 Å². The van der Waals surface area contributed by atoms with Crippen molar-refractivity contribution in [3.63, 3.8) is 0 Å². The fourth-order valence-electron chi connectivity index (χ4n) is 7.59. The summed E-state index contributed by atoms with van der Waals surface area (Å²) in [7, 11) is 0. The molecule has 0 saturated carbocycles. The summed E-state index contributed by atoms with van der Waals surface area (Å²) in [5, 5.41) is 1.92. The van der Waals surface area contributed by atoms with Gasteiger partial charge in [-0.3, -0.25) is 0 Å². The maximum absolute atomic E-state index is 6.93. The van der Waals surface area contributed by atoms with Crippen molar-refractivity contribution in [3.05, 3.63) is 206 Å². The maximum Gasteiger partial charge on any atom is 0.164 e. The number of hydrogen-bond donors (Lipinski definition) is 0. The van der Waals surface area contributed by atoms with Crippen LogP contribution in [0.5, 0.6) is 0 Å². The fraction of sp³-hybridized carbons (Fsp3) is 0. The zero-order valence-electron chi connectivity index (χ0n) is 30.3. The first kappa shape index (κ1) is 33.0. The summed E-state index contributed by atoms with van der Waals surface area (Å²) in [5.74, 6) is 1.81. The van der Waals surface area contributed by atoms with Crippen LogP contribution in [0.2, 0.25) is 0 Å². The molecule has 10 aromatic rings. The summed E-state index contributed by atoms with van der Waals surface area (Å²) < 4.78 is 6.93. The second-order valence-electron chi connectivity index (χ2n) is 13.6. The molecule has 5 heteroatoms. The SMILES string of the molecule is c1ccc(-c2nc(-c3ccccc3)nc(-c3cccc4oc5c(N(c6ccccc6)c6ccccc6-c6ccccc6-c6ccccc6)cccc5c34)n2)cc1. The van der Waals surface area contributed by atoms with Gasteiger partial charge in [-0.2, -0.15) is 0 Å². The molecule has 2 aromatic heterocycles. The predicted octanol–water partition coefficient (Wildman–Crippen LogP) is 13.6. The van der Waals surface area contributed by atoms with Gasteiger partial charge in [0.05, 0.1) is 11.4 Å². The molecule has 0 saturated heterocycles. The Morgan fingerprint density at radius 2 is 0.821 bits per heavy atom. The van der Waals surface area contributed by atoms with Gasteiger partial charge < -0.3 is 9.32 Å². The Kier molecular flexibility index (Phi) is 8.43. The second-order valence-corrected chi connectivity index (χ2v) is 13.6. The van der Waals surface area contributed by atoms with Gasteiger partial charge >= 0.3 is 0 Å². The van der Waals surface area contributed by atoms with Crippen molar-refractivity contribution in [3.8, 4) is 56.4 Å². The first-order valence-corrected chi connectivity index (χ1v) is 18.7. The molecule has 2 heterocycles. The largest absolute Gasteiger partial charge is 0.454 e. The van der Waals surface area contributed by atoms with Crippen LogP contribution in [-0.2, 0) is 0 Å². The Morgan fingerprint density at radius 1 is 0.339 bits per heavy atom. The smallest absolute Gasteiger partial charge is 0.164 e. The summed E-state index contributed by atoms with van der Waals surface area (Å²) in [6, 6.07) is 70.9. The number of hydrogen-bond acceptors (Lipinski definition) is 5. The van der Waals surface area contributed by atoms with Crippen molar-refractivity contribution in [2.45, 2.75) is 0 Å². The molecule has 56 heavy (non-hydrogen) atoms. The molecule has 5 nitrogen and oxygen atoms in total. The van der Waals surface area contributed by atoms with Gasteiger partial charge in [0.15, 0.2) is 23.1 Å². The van der Waals surface area contributed by atoms with Crippen LogP contribution in [0.25, 0.3) is 78.4 Å². The minimum Gasteiger partial charge on any atom is -0.454 e. The molecule has 0 unspecified atom stereocenters. The molecule has 0 aliphatic heterocycles. The first-order chi connectivity index (χ1) is 27.8. The van der Waals surface area contributed by atoms with E-state index in [2.05, 4.69) is 138 Å². The van der Waals surface area contributed by atoms with E-state index in [0.29, 0.717) is 17.5 Å². The highest BCUT2D eigenvalue weighted by atomic mass is 16.3. The molecule has 0 aliphatic carbocycles. The molecule has 264 valence electrons. The van der Waals surface area contributed by atoms with Gasteiger partial charge in [0.1, 0.15) is 5.58 Å². The summed E-state index contributed by atoms with van der Waals surface area (Å²) >= 11 is 0. The van der Waals surface area contributed by atoms with E-state index >= 15 is 0 Å². The van der Waals surface area contributed by atoms with Gasteiger partial charge in [-0.25, -0.2) is 15.0 Å². The number of furan rings is 1. The zero-order valence-corrected chi connectivity index (χ0v) is 30.3. The maximum atomic E-state index is 6.93. The number of benzene rings is 8. The van der Waals surface area contributed by atoms with Gasteiger partial charge in [0.25, 0.3) is 0 Å². The van der Waals surface area contributed by atoms with E-state index in [1.165, 1.54) is 11.1 Å². The molecule has 0 N–H and O–H groups in total. The Labute approximate surface area is 324 Å². The lowest BCUT2D eigenvalue weighted by Crippen LogP contribution is -2.11. The van der Waals surface area contributed by atoms with E-state index in [1.807, 2.05) is 72.8 Å². The van der Waals surface area contributed by atoms with Crippen LogP contribution >= 0.6 is 0 Å². The Balaban J connectivity index is 1.19. The molecular weight excluding hydrogens is 685 g/mol. The van der Waals surface area contributed by atoms with Crippen LogP contribution in [0.3, 0.4) is 0 Å². The Morgan fingerprint density at radius 3 is 1.48 bits per heavy atom. The van der Waals surface area contributed by atoms with Crippen molar-refractivity contribution < 1.29 is 4.42 Å². The van der Waals surface area contributed by atoms with Crippen LogP contribution in [-0.4, -0.2) is 15.0 Å². The summed E-state index contributed by atoms with van der Waals surface area (Å²) in [5.41, 5.74) is 11.8.